The van der Waals surface area contributed by atoms with Gasteiger partial charge in [0.05, 0.1) is 4.91 Å². The van der Waals surface area contributed by atoms with Crippen molar-refractivity contribution in [3.8, 4) is 5.75 Å². The van der Waals surface area contributed by atoms with Crippen LogP contribution < -0.4 is 5.32 Å². The summed E-state index contributed by atoms with van der Waals surface area (Å²) in [5.74, 6) is 0.175. The standard InChI is InChI=1S/C18H23NO2S2/c1-17(2,3)11-7-10(8-12(14(11)20)18(4,5)6)9-13-15(21)19-16(22)23-13/h7-9,20H,1-6H3,(H,19,21,22). The number of benzene rings is 1. The van der Waals surface area contributed by atoms with Crippen LogP contribution in [0, 0.1) is 0 Å². The minimum absolute atomic E-state index is 0.164. The van der Waals surface area contributed by atoms with Gasteiger partial charge in [-0.1, -0.05) is 65.5 Å². The number of aromatic hydroxyl groups is 1. The number of amides is 1. The molecule has 1 aliphatic heterocycles. The van der Waals surface area contributed by atoms with Crippen molar-refractivity contribution in [2.24, 2.45) is 0 Å². The molecule has 5 heteroatoms. The highest BCUT2D eigenvalue weighted by Gasteiger charge is 2.27. The lowest BCUT2D eigenvalue weighted by molar-refractivity contribution is -0.115. The highest BCUT2D eigenvalue weighted by Crippen LogP contribution is 2.40. The van der Waals surface area contributed by atoms with Gasteiger partial charge in [0.15, 0.2) is 0 Å². The summed E-state index contributed by atoms with van der Waals surface area (Å²) in [7, 11) is 0. The first-order valence-electron chi connectivity index (χ1n) is 7.52. The van der Waals surface area contributed by atoms with Gasteiger partial charge in [0.2, 0.25) is 0 Å². The lowest BCUT2D eigenvalue weighted by Gasteiger charge is -2.28. The highest BCUT2D eigenvalue weighted by molar-refractivity contribution is 8.26. The van der Waals surface area contributed by atoms with Crippen molar-refractivity contribution < 1.29 is 9.90 Å². The van der Waals surface area contributed by atoms with Crippen LogP contribution in [0.1, 0.15) is 58.2 Å². The molecule has 1 heterocycles. The Hall–Kier alpha value is -1.33. The number of carbonyl (C=O) groups is 1. The van der Waals surface area contributed by atoms with Crippen molar-refractivity contribution in [3.63, 3.8) is 0 Å². The molecule has 124 valence electrons. The second-order valence-electron chi connectivity index (χ2n) is 7.82. The van der Waals surface area contributed by atoms with Gasteiger partial charge >= 0.3 is 0 Å². The first-order chi connectivity index (χ1) is 10.4. The molecule has 0 aliphatic carbocycles. The Morgan fingerprint density at radius 3 is 1.91 bits per heavy atom. The van der Waals surface area contributed by atoms with Crippen LogP contribution in [0.2, 0.25) is 0 Å². The maximum Gasteiger partial charge on any atom is 0.263 e. The van der Waals surface area contributed by atoms with Crippen LogP contribution in [0.3, 0.4) is 0 Å². The predicted molar refractivity (Wildman–Crippen MR) is 102 cm³/mol. The Morgan fingerprint density at radius 2 is 1.57 bits per heavy atom. The zero-order chi connectivity index (χ0) is 17.6. The first kappa shape index (κ1) is 18.0. The van der Waals surface area contributed by atoms with Gasteiger partial charge in [-0.2, -0.15) is 0 Å². The van der Waals surface area contributed by atoms with Gasteiger partial charge in [0.25, 0.3) is 5.91 Å². The SMILES string of the molecule is CC(C)(C)c1cc(C=C2SC(=S)NC2=O)cc(C(C)(C)C)c1O. The fourth-order valence-electron chi connectivity index (χ4n) is 2.46. The molecule has 0 aromatic heterocycles. The number of phenols is 1. The molecule has 1 aliphatic rings. The van der Waals surface area contributed by atoms with E-state index in [9.17, 15) is 9.90 Å². The number of carbonyl (C=O) groups excluding carboxylic acids is 1. The molecule has 0 spiro atoms. The zero-order valence-electron chi connectivity index (χ0n) is 14.4. The van der Waals surface area contributed by atoms with Gasteiger partial charge < -0.3 is 10.4 Å². The summed E-state index contributed by atoms with van der Waals surface area (Å²) in [4.78, 5) is 12.5. The normalized spacial score (nSPS) is 17.7. The summed E-state index contributed by atoms with van der Waals surface area (Å²) in [6.07, 6.45) is 1.84. The Kier molecular flexibility index (Phi) is 4.66. The number of hydrogen-bond acceptors (Lipinski definition) is 4. The molecule has 0 bridgehead atoms. The molecule has 0 unspecified atom stereocenters. The number of nitrogens with one attached hydrogen (secondary N) is 1. The molecule has 0 atom stereocenters. The van der Waals surface area contributed by atoms with Crippen molar-refractivity contribution in [1.82, 2.24) is 5.32 Å². The van der Waals surface area contributed by atoms with Gasteiger partial charge in [-0.15, -0.1) is 0 Å². The number of phenolic OH excluding ortho intramolecular Hbond substituents is 1. The average Bonchev–Trinajstić information content (AvgIpc) is 2.67. The summed E-state index contributed by atoms with van der Waals surface area (Å²) in [6, 6.07) is 3.90. The molecule has 1 aromatic rings. The maximum atomic E-state index is 11.9. The van der Waals surface area contributed by atoms with Gasteiger partial charge in [0, 0.05) is 11.1 Å². The molecule has 23 heavy (non-hydrogen) atoms. The minimum Gasteiger partial charge on any atom is -0.507 e. The average molecular weight is 350 g/mol. The first-order valence-corrected chi connectivity index (χ1v) is 8.75. The molecule has 2 rings (SSSR count). The van der Waals surface area contributed by atoms with Crippen LogP contribution in [0.4, 0.5) is 0 Å². The van der Waals surface area contributed by atoms with Crippen LogP contribution in [0.15, 0.2) is 17.0 Å². The van der Waals surface area contributed by atoms with Crippen LogP contribution in [-0.2, 0) is 15.6 Å². The molecule has 1 fully saturated rings. The van der Waals surface area contributed by atoms with Gasteiger partial charge in [-0.25, -0.2) is 0 Å². The van der Waals surface area contributed by atoms with E-state index in [0.29, 0.717) is 15.0 Å². The van der Waals surface area contributed by atoms with Crippen LogP contribution in [0.25, 0.3) is 6.08 Å². The molecule has 1 amide bonds. The van der Waals surface area contributed by atoms with E-state index in [4.69, 9.17) is 12.2 Å². The molecular weight excluding hydrogens is 326 g/mol. The summed E-state index contributed by atoms with van der Waals surface area (Å²) in [6.45, 7) is 12.4. The highest BCUT2D eigenvalue weighted by atomic mass is 32.2. The van der Waals surface area contributed by atoms with Crippen LogP contribution >= 0.6 is 24.0 Å². The molecule has 1 aromatic carbocycles. The maximum absolute atomic E-state index is 11.9. The van der Waals surface area contributed by atoms with E-state index in [1.54, 1.807) is 0 Å². The number of thiocarbonyl (C=S) groups is 1. The summed E-state index contributed by atoms with van der Waals surface area (Å²) >= 11 is 6.30. The van der Waals surface area contributed by atoms with E-state index >= 15 is 0 Å². The van der Waals surface area contributed by atoms with Gasteiger partial charge in [-0.3, -0.25) is 4.79 Å². The lowest BCUT2D eigenvalue weighted by Crippen LogP contribution is -2.18. The fourth-order valence-corrected chi connectivity index (χ4v) is 3.50. The molecule has 0 saturated carbocycles. The zero-order valence-corrected chi connectivity index (χ0v) is 16.0. The van der Waals surface area contributed by atoms with Crippen molar-refractivity contribution in [2.75, 3.05) is 0 Å². The Balaban J connectivity index is 2.64. The molecular formula is C18H23NO2S2. The number of hydrogen-bond donors (Lipinski definition) is 2. The van der Waals surface area contributed by atoms with Crippen molar-refractivity contribution in [2.45, 2.75) is 52.4 Å². The number of thioether (sulfide) groups is 1. The molecule has 1 saturated heterocycles. The Morgan fingerprint density at radius 1 is 1.09 bits per heavy atom. The summed E-state index contributed by atoms with van der Waals surface area (Å²) in [5.41, 5.74) is 2.27. The molecule has 2 N–H and O–H groups in total. The largest absolute Gasteiger partial charge is 0.507 e. The summed E-state index contributed by atoms with van der Waals surface area (Å²) in [5, 5.41) is 13.3. The second kappa shape index (κ2) is 5.95. The van der Waals surface area contributed by atoms with E-state index < -0.39 is 0 Å². The van der Waals surface area contributed by atoms with Crippen molar-refractivity contribution in [1.29, 1.82) is 0 Å². The third-order valence-corrected chi connectivity index (χ3v) is 4.85. The van der Waals surface area contributed by atoms with Gasteiger partial charge in [-0.05, 0) is 34.6 Å². The Labute approximate surface area is 147 Å². The van der Waals surface area contributed by atoms with Crippen LogP contribution in [-0.4, -0.2) is 15.3 Å². The van der Waals surface area contributed by atoms with E-state index in [1.807, 2.05) is 18.2 Å². The monoisotopic (exact) mass is 349 g/mol. The van der Waals surface area contributed by atoms with E-state index in [1.165, 1.54) is 11.8 Å². The smallest absolute Gasteiger partial charge is 0.263 e. The molecule has 3 nitrogen and oxygen atoms in total. The van der Waals surface area contributed by atoms with E-state index in [2.05, 4.69) is 46.9 Å². The summed E-state index contributed by atoms with van der Waals surface area (Å²) < 4.78 is 0.479. The molecule has 0 radical (unpaired) electrons. The third kappa shape index (κ3) is 3.96. The second-order valence-corrected chi connectivity index (χ2v) is 9.54. The minimum atomic E-state index is -0.195. The number of rotatable bonds is 1. The topological polar surface area (TPSA) is 49.3 Å². The Bertz CT molecular complexity index is 672. The van der Waals surface area contributed by atoms with Crippen LogP contribution in [0.5, 0.6) is 5.75 Å². The van der Waals surface area contributed by atoms with Crippen molar-refractivity contribution in [3.05, 3.63) is 33.7 Å². The lowest BCUT2D eigenvalue weighted by atomic mass is 9.78. The predicted octanol–water partition coefficient (Wildman–Crippen LogP) is 4.48. The van der Waals surface area contributed by atoms with E-state index in [0.717, 1.165) is 16.7 Å². The van der Waals surface area contributed by atoms with E-state index in [-0.39, 0.29) is 16.7 Å². The van der Waals surface area contributed by atoms with Crippen molar-refractivity contribution >= 4 is 40.3 Å². The third-order valence-electron chi connectivity index (χ3n) is 3.69. The fraction of sp³-hybridized carbons (Fsp3) is 0.444. The van der Waals surface area contributed by atoms with Gasteiger partial charge in [0.1, 0.15) is 10.1 Å². The quantitative estimate of drug-likeness (QED) is 0.580.